The van der Waals surface area contributed by atoms with Gasteiger partial charge >= 0.3 is 0 Å². The van der Waals surface area contributed by atoms with Crippen LogP contribution >= 0.6 is 0 Å². The number of hydrogen-bond donors (Lipinski definition) is 0. The predicted octanol–water partition coefficient (Wildman–Crippen LogP) is 4.97. The predicted molar refractivity (Wildman–Crippen MR) is 66.6 cm³/mol. The molecule has 0 aromatic carbocycles. The highest BCUT2D eigenvalue weighted by Crippen LogP contribution is 2.15. The standard InChI is InChI=1S/C14H29O/c1-3-5-6-7-8-9-10-11-12-14(4-2)13-15/h14H,3-13H2,1-2H3. The summed E-state index contributed by atoms with van der Waals surface area (Å²) < 4.78 is 0. The lowest BCUT2D eigenvalue weighted by molar-refractivity contribution is 0.134. The van der Waals surface area contributed by atoms with Crippen molar-refractivity contribution >= 4 is 0 Å². The minimum Gasteiger partial charge on any atom is -0.236 e. The van der Waals surface area contributed by atoms with Gasteiger partial charge in [0.2, 0.25) is 0 Å². The molecule has 0 rings (SSSR count). The van der Waals surface area contributed by atoms with Crippen LogP contribution in [0.15, 0.2) is 0 Å². The molecule has 0 heterocycles. The van der Waals surface area contributed by atoms with E-state index in [4.69, 9.17) is 0 Å². The Morgan fingerprint density at radius 1 is 0.800 bits per heavy atom. The molecule has 1 radical (unpaired) electrons. The fraction of sp³-hybridized carbons (Fsp3) is 1.00. The average Bonchev–Trinajstić information content (AvgIpc) is 2.27. The van der Waals surface area contributed by atoms with E-state index in [0.29, 0.717) is 5.92 Å². The van der Waals surface area contributed by atoms with E-state index in [0.717, 1.165) is 12.8 Å². The van der Waals surface area contributed by atoms with Crippen LogP contribution in [-0.4, -0.2) is 6.61 Å². The van der Waals surface area contributed by atoms with Gasteiger partial charge in [0.25, 0.3) is 0 Å². The van der Waals surface area contributed by atoms with E-state index in [1.807, 2.05) is 0 Å². The molecule has 0 aromatic rings. The molecule has 0 saturated heterocycles. The molecule has 0 N–H and O–H groups in total. The van der Waals surface area contributed by atoms with Crippen LogP contribution in [-0.2, 0) is 5.11 Å². The van der Waals surface area contributed by atoms with Crippen LogP contribution in [0.1, 0.15) is 78.1 Å². The Morgan fingerprint density at radius 3 is 1.80 bits per heavy atom. The van der Waals surface area contributed by atoms with Gasteiger partial charge in [-0.05, 0) is 12.3 Å². The Balaban J connectivity index is 3.04. The van der Waals surface area contributed by atoms with Crippen LogP contribution in [0.3, 0.4) is 0 Å². The van der Waals surface area contributed by atoms with Gasteiger partial charge in [-0.15, -0.1) is 0 Å². The lowest BCUT2D eigenvalue weighted by atomic mass is 9.98. The Hall–Kier alpha value is -0.0400. The largest absolute Gasteiger partial charge is 0.236 e. The van der Waals surface area contributed by atoms with Crippen molar-refractivity contribution in [1.82, 2.24) is 0 Å². The monoisotopic (exact) mass is 213 g/mol. The SMILES string of the molecule is CCCCCCCCCCC(CC)C[O]. The molecule has 0 bridgehead atoms. The normalized spacial score (nSPS) is 13.0. The van der Waals surface area contributed by atoms with Crippen molar-refractivity contribution in [2.24, 2.45) is 5.92 Å². The van der Waals surface area contributed by atoms with Gasteiger partial charge in [0.1, 0.15) is 0 Å². The fourth-order valence-electron chi connectivity index (χ4n) is 1.97. The lowest BCUT2D eigenvalue weighted by Crippen LogP contribution is -2.02. The van der Waals surface area contributed by atoms with E-state index in [2.05, 4.69) is 13.8 Å². The molecule has 1 unspecified atom stereocenters. The molecular formula is C14H29O. The number of rotatable bonds is 11. The van der Waals surface area contributed by atoms with Gasteiger partial charge in [-0.25, -0.2) is 5.11 Å². The Kier molecular flexibility index (Phi) is 12.0. The number of hydrogen-bond acceptors (Lipinski definition) is 0. The molecule has 1 heteroatoms. The second kappa shape index (κ2) is 12.0. The van der Waals surface area contributed by atoms with Crippen molar-refractivity contribution in [1.29, 1.82) is 0 Å². The van der Waals surface area contributed by atoms with Crippen LogP contribution in [0.4, 0.5) is 0 Å². The first-order valence-corrected chi connectivity index (χ1v) is 6.93. The van der Waals surface area contributed by atoms with Crippen molar-refractivity contribution < 1.29 is 5.11 Å². The zero-order chi connectivity index (χ0) is 11.4. The molecule has 0 amide bonds. The maximum absolute atomic E-state index is 10.7. The van der Waals surface area contributed by atoms with Gasteiger partial charge < -0.3 is 0 Å². The topological polar surface area (TPSA) is 19.9 Å². The molecule has 91 valence electrons. The summed E-state index contributed by atoms with van der Waals surface area (Å²) in [5.74, 6) is 0.449. The molecule has 0 aliphatic rings. The smallest absolute Gasteiger partial charge is 0.0850 e. The maximum atomic E-state index is 10.7. The summed E-state index contributed by atoms with van der Waals surface area (Å²) in [6.45, 7) is 4.52. The zero-order valence-corrected chi connectivity index (χ0v) is 10.8. The highest BCUT2D eigenvalue weighted by Gasteiger charge is 2.04. The third-order valence-corrected chi connectivity index (χ3v) is 3.28. The third-order valence-electron chi connectivity index (χ3n) is 3.28. The van der Waals surface area contributed by atoms with Gasteiger partial charge in [0.15, 0.2) is 0 Å². The van der Waals surface area contributed by atoms with E-state index >= 15 is 0 Å². The van der Waals surface area contributed by atoms with Crippen LogP contribution in [0.25, 0.3) is 0 Å². The van der Waals surface area contributed by atoms with Crippen molar-refractivity contribution in [2.75, 3.05) is 6.61 Å². The van der Waals surface area contributed by atoms with Gasteiger partial charge in [-0.1, -0.05) is 71.6 Å². The molecule has 0 saturated carbocycles. The molecular weight excluding hydrogens is 184 g/mol. The molecule has 1 atom stereocenters. The summed E-state index contributed by atoms with van der Waals surface area (Å²) in [7, 11) is 0. The molecule has 0 fully saturated rings. The molecule has 0 aliphatic heterocycles. The minimum atomic E-state index is 0.132. The molecule has 15 heavy (non-hydrogen) atoms. The van der Waals surface area contributed by atoms with Crippen molar-refractivity contribution in [2.45, 2.75) is 78.1 Å². The van der Waals surface area contributed by atoms with Crippen molar-refractivity contribution in [3.63, 3.8) is 0 Å². The van der Waals surface area contributed by atoms with Crippen LogP contribution < -0.4 is 0 Å². The Bertz CT molecular complexity index is 108. The summed E-state index contributed by atoms with van der Waals surface area (Å²) >= 11 is 0. The van der Waals surface area contributed by atoms with Gasteiger partial charge in [-0.3, -0.25) is 0 Å². The lowest BCUT2D eigenvalue weighted by Gasteiger charge is -2.09. The van der Waals surface area contributed by atoms with E-state index in [1.54, 1.807) is 0 Å². The van der Waals surface area contributed by atoms with E-state index in [-0.39, 0.29) is 6.61 Å². The summed E-state index contributed by atoms with van der Waals surface area (Å²) in [6.07, 6.45) is 13.2. The molecule has 0 spiro atoms. The summed E-state index contributed by atoms with van der Waals surface area (Å²) in [6, 6.07) is 0. The second-order valence-corrected chi connectivity index (χ2v) is 4.70. The first-order valence-electron chi connectivity index (χ1n) is 6.93. The molecule has 0 aliphatic carbocycles. The van der Waals surface area contributed by atoms with Gasteiger partial charge in [0.05, 0.1) is 6.61 Å². The van der Waals surface area contributed by atoms with Crippen LogP contribution in [0.5, 0.6) is 0 Å². The zero-order valence-electron chi connectivity index (χ0n) is 10.8. The average molecular weight is 213 g/mol. The quantitative estimate of drug-likeness (QED) is 0.432. The van der Waals surface area contributed by atoms with E-state index < -0.39 is 0 Å². The summed E-state index contributed by atoms with van der Waals surface area (Å²) in [5, 5.41) is 10.7. The Morgan fingerprint density at radius 2 is 1.33 bits per heavy atom. The first kappa shape index (κ1) is 15.0. The van der Waals surface area contributed by atoms with Gasteiger partial charge in [0, 0.05) is 0 Å². The van der Waals surface area contributed by atoms with Gasteiger partial charge in [-0.2, -0.15) is 0 Å². The van der Waals surface area contributed by atoms with E-state index in [9.17, 15) is 5.11 Å². The van der Waals surface area contributed by atoms with Crippen LogP contribution in [0, 0.1) is 5.92 Å². The maximum Gasteiger partial charge on any atom is 0.0850 e. The van der Waals surface area contributed by atoms with Crippen molar-refractivity contribution in [3.05, 3.63) is 0 Å². The first-order chi connectivity index (χ1) is 7.35. The molecule has 1 nitrogen and oxygen atoms in total. The Labute approximate surface area is 96.3 Å². The highest BCUT2D eigenvalue weighted by molar-refractivity contribution is 4.55. The van der Waals surface area contributed by atoms with Crippen molar-refractivity contribution in [3.8, 4) is 0 Å². The summed E-state index contributed by atoms with van der Waals surface area (Å²) in [5.41, 5.74) is 0. The minimum absolute atomic E-state index is 0.132. The van der Waals surface area contributed by atoms with E-state index in [1.165, 1.54) is 51.4 Å². The second-order valence-electron chi connectivity index (χ2n) is 4.70. The van der Waals surface area contributed by atoms with Crippen LogP contribution in [0.2, 0.25) is 0 Å². The number of unbranched alkanes of at least 4 members (excludes halogenated alkanes) is 7. The summed E-state index contributed by atoms with van der Waals surface area (Å²) in [4.78, 5) is 0. The molecule has 0 aromatic heterocycles. The third kappa shape index (κ3) is 10.2. The highest BCUT2D eigenvalue weighted by atomic mass is 16.3. The fourth-order valence-corrected chi connectivity index (χ4v) is 1.97.